The van der Waals surface area contributed by atoms with E-state index in [9.17, 15) is 5.11 Å². The highest BCUT2D eigenvalue weighted by Crippen LogP contribution is 2.38. The third-order valence-corrected chi connectivity index (χ3v) is 8.61. The summed E-state index contributed by atoms with van der Waals surface area (Å²) in [5.41, 5.74) is 13.1. The lowest BCUT2D eigenvalue weighted by Crippen LogP contribution is -1.97. The number of aromatic nitrogens is 4. The maximum atomic E-state index is 10.8. The number of para-hydroxylation sites is 2. The lowest BCUT2D eigenvalue weighted by atomic mass is 9.96. The lowest BCUT2D eigenvalue weighted by Gasteiger charge is -2.12. The van der Waals surface area contributed by atoms with Crippen LogP contribution < -0.4 is 0 Å². The van der Waals surface area contributed by atoms with Gasteiger partial charge >= 0.3 is 0 Å². The molecule has 5 heteroatoms. The number of aromatic hydroxyl groups is 1. The molecular weight excluding hydrogens is 576 g/mol. The Labute approximate surface area is 273 Å². The Balaban J connectivity index is 1.22. The summed E-state index contributed by atoms with van der Waals surface area (Å²) in [6, 6.07) is 47.7. The van der Waals surface area contributed by atoms with Gasteiger partial charge in [0.15, 0.2) is 5.82 Å². The normalized spacial score (nSPS) is 11.2. The van der Waals surface area contributed by atoms with Crippen LogP contribution in [-0.2, 0) is 0 Å². The number of nitrogens with zero attached hydrogens (tertiary/aromatic N) is 4. The van der Waals surface area contributed by atoms with Crippen LogP contribution in [0.3, 0.4) is 0 Å². The van der Waals surface area contributed by atoms with E-state index >= 15 is 0 Å². The smallest absolute Gasteiger partial charge is 0.151 e. The molecule has 0 amide bonds. The number of aryl methyl sites for hydroxylation is 1. The molecule has 0 aliphatic rings. The molecule has 5 nitrogen and oxygen atoms in total. The van der Waals surface area contributed by atoms with Crippen LogP contribution >= 0.6 is 0 Å². The zero-order valence-electron chi connectivity index (χ0n) is 25.7. The molecule has 0 bridgehead atoms. The van der Waals surface area contributed by atoms with Crippen LogP contribution in [-0.4, -0.2) is 24.6 Å². The van der Waals surface area contributed by atoms with Crippen LogP contribution in [0.15, 0.2) is 158 Å². The first kappa shape index (κ1) is 28.2. The summed E-state index contributed by atoms with van der Waals surface area (Å²) in [6.07, 6.45) is 5.19. The highest BCUT2D eigenvalue weighted by molar-refractivity contribution is 5.96. The molecule has 0 radical (unpaired) electrons. The van der Waals surface area contributed by atoms with Gasteiger partial charge in [0.25, 0.3) is 0 Å². The Morgan fingerprint density at radius 2 is 1.23 bits per heavy atom. The molecule has 0 saturated carbocycles. The summed E-state index contributed by atoms with van der Waals surface area (Å²) in [4.78, 5) is 14.3. The van der Waals surface area contributed by atoms with Gasteiger partial charge in [-0.05, 0) is 76.7 Å². The molecule has 8 rings (SSSR count). The Bertz CT molecular complexity index is 2360. The van der Waals surface area contributed by atoms with Gasteiger partial charge in [0, 0.05) is 35.4 Å². The molecule has 5 aromatic carbocycles. The quantitative estimate of drug-likeness (QED) is 0.205. The molecule has 3 heterocycles. The molecule has 0 saturated heterocycles. The summed E-state index contributed by atoms with van der Waals surface area (Å²) < 4.78 is 2.08. The lowest BCUT2D eigenvalue weighted by molar-refractivity contribution is 0.476. The van der Waals surface area contributed by atoms with Crippen LogP contribution in [0.1, 0.15) is 5.56 Å². The fourth-order valence-electron chi connectivity index (χ4n) is 6.22. The van der Waals surface area contributed by atoms with Crippen molar-refractivity contribution in [2.75, 3.05) is 0 Å². The third kappa shape index (κ3) is 5.24. The van der Waals surface area contributed by atoms with Crippen molar-refractivity contribution in [3.05, 3.63) is 164 Å². The first-order chi connectivity index (χ1) is 23.1. The topological polar surface area (TPSA) is 63.8 Å². The molecule has 0 atom stereocenters. The van der Waals surface area contributed by atoms with Crippen molar-refractivity contribution in [2.45, 2.75) is 6.92 Å². The number of hydrogen-bond donors (Lipinski definition) is 1. The van der Waals surface area contributed by atoms with E-state index in [0.29, 0.717) is 11.4 Å². The van der Waals surface area contributed by atoms with E-state index in [1.165, 1.54) is 11.1 Å². The minimum atomic E-state index is 0.131. The first-order valence-corrected chi connectivity index (χ1v) is 15.6. The van der Waals surface area contributed by atoms with E-state index in [2.05, 4.69) is 114 Å². The molecule has 0 aliphatic heterocycles. The molecule has 224 valence electrons. The second kappa shape index (κ2) is 11.9. The van der Waals surface area contributed by atoms with Crippen LogP contribution in [0.2, 0.25) is 0 Å². The minimum absolute atomic E-state index is 0.131. The SMILES string of the molecule is Cc1cnc(-c2cccc(-c3cccc4c3nc(-c3cnccc3O)n4-c3ccccc3)c2)cc1-c1ccc(-c2ccccc2)cc1. The van der Waals surface area contributed by atoms with Crippen LogP contribution in [0.5, 0.6) is 5.75 Å². The van der Waals surface area contributed by atoms with Gasteiger partial charge in [0.05, 0.1) is 22.3 Å². The van der Waals surface area contributed by atoms with Gasteiger partial charge in [-0.1, -0.05) is 103 Å². The average molecular weight is 607 g/mol. The molecule has 0 aliphatic carbocycles. The fraction of sp³-hybridized carbons (Fsp3) is 0.0238. The molecule has 1 N–H and O–H groups in total. The third-order valence-electron chi connectivity index (χ3n) is 8.61. The number of hydrogen-bond acceptors (Lipinski definition) is 4. The Hall–Kier alpha value is -6.33. The van der Waals surface area contributed by atoms with Crippen molar-refractivity contribution in [2.24, 2.45) is 0 Å². The van der Waals surface area contributed by atoms with Gasteiger partial charge in [-0.2, -0.15) is 0 Å². The number of imidazole rings is 1. The van der Waals surface area contributed by atoms with E-state index < -0.39 is 0 Å². The molecule has 3 aromatic heterocycles. The molecule has 0 fully saturated rings. The van der Waals surface area contributed by atoms with E-state index in [1.807, 2.05) is 42.6 Å². The summed E-state index contributed by atoms with van der Waals surface area (Å²) in [7, 11) is 0. The van der Waals surface area contributed by atoms with Crippen molar-refractivity contribution in [1.29, 1.82) is 0 Å². The van der Waals surface area contributed by atoms with Gasteiger partial charge in [-0.3, -0.25) is 14.5 Å². The zero-order valence-corrected chi connectivity index (χ0v) is 25.7. The highest BCUT2D eigenvalue weighted by atomic mass is 16.3. The van der Waals surface area contributed by atoms with E-state index in [4.69, 9.17) is 9.97 Å². The monoisotopic (exact) mass is 606 g/mol. The second-order valence-electron chi connectivity index (χ2n) is 11.6. The van der Waals surface area contributed by atoms with Crippen molar-refractivity contribution in [1.82, 2.24) is 19.5 Å². The van der Waals surface area contributed by atoms with Gasteiger partial charge in [-0.15, -0.1) is 0 Å². The largest absolute Gasteiger partial charge is 0.507 e. The molecule has 8 aromatic rings. The second-order valence-corrected chi connectivity index (χ2v) is 11.6. The molecule has 0 spiro atoms. The summed E-state index contributed by atoms with van der Waals surface area (Å²) in [6.45, 7) is 2.11. The van der Waals surface area contributed by atoms with Gasteiger partial charge in [0.1, 0.15) is 5.75 Å². The number of benzene rings is 5. The highest BCUT2D eigenvalue weighted by Gasteiger charge is 2.20. The van der Waals surface area contributed by atoms with Gasteiger partial charge in [-0.25, -0.2) is 4.98 Å². The van der Waals surface area contributed by atoms with E-state index in [-0.39, 0.29) is 5.75 Å². The van der Waals surface area contributed by atoms with Crippen molar-refractivity contribution >= 4 is 11.0 Å². The zero-order chi connectivity index (χ0) is 31.7. The van der Waals surface area contributed by atoms with Crippen molar-refractivity contribution < 1.29 is 5.11 Å². The number of rotatable bonds is 6. The van der Waals surface area contributed by atoms with Crippen molar-refractivity contribution in [3.8, 4) is 67.5 Å². The van der Waals surface area contributed by atoms with Gasteiger partial charge in [0.2, 0.25) is 0 Å². The Kier molecular flexibility index (Phi) is 7.12. The Morgan fingerprint density at radius 1 is 0.553 bits per heavy atom. The predicted molar refractivity (Wildman–Crippen MR) is 190 cm³/mol. The van der Waals surface area contributed by atoms with Crippen molar-refractivity contribution in [3.63, 3.8) is 0 Å². The molecule has 0 unspecified atom stereocenters. The maximum Gasteiger partial charge on any atom is 0.151 e. The van der Waals surface area contributed by atoms with Crippen LogP contribution in [0, 0.1) is 6.92 Å². The van der Waals surface area contributed by atoms with Gasteiger partial charge < -0.3 is 5.11 Å². The van der Waals surface area contributed by atoms with Crippen LogP contribution in [0.4, 0.5) is 0 Å². The van der Waals surface area contributed by atoms with E-state index in [1.54, 1.807) is 18.5 Å². The summed E-state index contributed by atoms with van der Waals surface area (Å²) >= 11 is 0. The average Bonchev–Trinajstić information content (AvgIpc) is 3.52. The number of fused-ring (bicyclic) bond motifs is 1. The minimum Gasteiger partial charge on any atom is -0.507 e. The van der Waals surface area contributed by atoms with E-state index in [0.717, 1.165) is 55.8 Å². The predicted octanol–water partition coefficient (Wildman–Crippen LogP) is 10.2. The fourth-order valence-corrected chi connectivity index (χ4v) is 6.22. The summed E-state index contributed by atoms with van der Waals surface area (Å²) in [5, 5.41) is 10.8. The number of pyridine rings is 2. The molecular formula is C42H30N4O. The van der Waals surface area contributed by atoms with Crippen LogP contribution in [0.25, 0.3) is 72.7 Å². The first-order valence-electron chi connectivity index (χ1n) is 15.6. The maximum absolute atomic E-state index is 10.8. The summed E-state index contributed by atoms with van der Waals surface area (Å²) in [5.74, 6) is 0.760. The Morgan fingerprint density at radius 3 is 2.02 bits per heavy atom. The molecule has 47 heavy (non-hydrogen) atoms. The standard InChI is InChI=1S/C42H30N4O/c1-28-26-44-38(25-36(28)31-20-18-30(19-21-31)29-10-4-2-5-11-29)33-13-8-12-32(24-33)35-16-9-17-39-41(35)45-42(37-27-43-23-22-40(37)47)46(39)34-14-6-3-7-15-34/h2-27H,1H3,(H,43,47).